The summed E-state index contributed by atoms with van der Waals surface area (Å²) in [5, 5.41) is 3.71. The standard InChI is InChI=1S/C18H30N2/c1-14(19-12-18(2,3)13-20(4)5)16-10-9-15-7-6-8-17(15)11-16/h9-11,14,19H,6-8,12-13H2,1-5H3. The molecule has 0 saturated carbocycles. The Balaban J connectivity index is 1.93. The Hall–Kier alpha value is -0.860. The maximum Gasteiger partial charge on any atom is 0.0292 e. The summed E-state index contributed by atoms with van der Waals surface area (Å²) in [5.74, 6) is 0. The van der Waals surface area contributed by atoms with Gasteiger partial charge in [0.25, 0.3) is 0 Å². The van der Waals surface area contributed by atoms with Crippen LogP contribution in [0.1, 0.15) is 49.9 Å². The van der Waals surface area contributed by atoms with Crippen molar-refractivity contribution in [3.63, 3.8) is 0 Å². The SMILES string of the molecule is CC(NCC(C)(C)CN(C)C)c1ccc2c(c1)CCC2. The smallest absolute Gasteiger partial charge is 0.0292 e. The van der Waals surface area contributed by atoms with Crippen molar-refractivity contribution in [2.75, 3.05) is 27.2 Å². The average molecular weight is 274 g/mol. The van der Waals surface area contributed by atoms with E-state index in [-0.39, 0.29) is 0 Å². The van der Waals surface area contributed by atoms with Crippen LogP contribution in [0.2, 0.25) is 0 Å². The molecule has 112 valence electrons. The molecule has 0 bridgehead atoms. The molecule has 2 nitrogen and oxygen atoms in total. The Kier molecular flexibility index (Phi) is 4.87. The monoisotopic (exact) mass is 274 g/mol. The van der Waals surface area contributed by atoms with Gasteiger partial charge in [-0.2, -0.15) is 0 Å². The van der Waals surface area contributed by atoms with Crippen LogP contribution in [-0.2, 0) is 12.8 Å². The van der Waals surface area contributed by atoms with E-state index in [9.17, 15) is 0 Å². The second kappa shape index (κ2) is 6.28. The van der Waals surface area contributed by atoms with Crippen molar-refractivity contribution in [3.05, 3.63) is 34.9 Å². The fourth-order valence-electron chi connectivity index (χ4n) is 3.32. The van der Waals surface area contributed by atoms with Gasteiger partial charge >= 0.3 is 0 Å². The van der Waals surface area contributed by atoms with Gasteiger partial charge in [0.2, 0.25) is 0 Å². The predicted octanol–water partition coefficient (Wildman–Crippen LogP) is 3.41. The molecule has 20 heavy (non-hydrogen) atoms. The lowest BCUT2D eigenvalue weighted by molar-refractivity contribution is 0.227. The van der Waals surface area contributed by atoms with E-state index in [1.807, 2.05) is 0 Å². The molecule has 0 amide bonds. The molecular formula is C18H30N2. The molecule has 1 aliphatic rings. The maximum atomic E-state index is 3.71. The molecule has 0 aromatic heterocycles. The predicted molar refractivity (Wildman–Crippen MR) is 87.2 cm³/mol. The summed E-state index contributed by atoms with van der Waals surface area (Å²) in [5.41, 5.74) is 4.87. The highest BCUT2D eigenvalue weighted by atomic mass is 15.1. The first-order valence-electron chi connectivity index (χ1n) is 7.87. The van der Waals surface area contributed by atoms with Gasteiger partial charge in [0, 0.05) is 19.1 Å². The lowest BCUT2D eigenvalue weighted by Gasteiger charge is -2.30. The van der Waals surface area contributed by atoms with Gasteiger partial charge in [-0.05, 0) is 62.4 Å². The molecule has 0 spiro atoms. The van der Waals surface area contributed by atoms with Crippen LogP contribution in [0.25, 0.3) is 0 Å². The largest absolute Gasteiger partial charge is 0.310 e. The molecule has 1 unspecified atom stereocenters. The Morgan fingerprint density at radius 2 is 1.90 bits per heavy atom. The molecule has 1 atom stereocenters. The van der Waals surface area contributed by atoms with Crippen molar-refractivity contribution < 1.29 is 0 Å². The topological polar surface area (TPSA) is 15.3 Å². The molecular weight excluding hydrogens is 244 g/mol. The third-order valence-electron chi connectivity index (χ3n) is 4.25. The van der Waals surface area contributed by atoms with Crippen molar-refractivity contribution in [2.24, 2.45) is 5.41 Å². The van der Waals surface area contributed by atoms with E-state index in [4.69, 9.17) is 0 Å². The van der Waals surface area contributed by atoms with Gasteiger partial charge in [-0.1, -0.05) is 32.0 Å². The Morgan fingerprint density at radius 3 is 2.60 bits per heavy atom. The first kappa shape index (κ1) is 15.5. The minimum absolute atomic E-state index is 0.300. The quantitative estimate of drug-likeness (QED) is 0.855. The summed E-state index contributed by atoms with van der Waals surface area (Å²) in [4.78, 5) is 2.27. The molecule has 1 N–H and O–H groups in total. The highest BCUT2D eigenvalue weighted by Crippen LogP contribution is 2.26. The van der Waals surface area contributed by atoms with Gasteiger partial charge in [0.15, 0.2) is 0 Å². The second-order valence-electron chi connectivity index (χ2n) is 7.39. The van der Waals surface area contributed by atoms with E-state index in [2.05, 4.69) is 63.3 Å². The summed E-state index contributed by atoms with van der Waals surface area (Å²) < 4.78 is 0. The van der Waals surface area contributed by atoms with E-state index in [0.717, 1.165) is 13.1 Å². The van der Waals surface area contributed by atoms with E-state index in [0.29, 0.717) is 11.5 Å². The molecule has 0 radical (unpaired) electrons. The molecule has 2 rings (SSSR count). The number of nitrogens with one attached hydrogen (secondary N) is 1. The fourth-order valence-corrected chi connectivity index (χ4v) is 3.32. The Morgan fingerprint density at radius 1 is 1.20 bits per heavy atom. The van der Waals surface area contributed by atoms with Gasteiger partial charge in [-0.15, -0.1) is 0 Å². The van der Waals surface area contributed by atoms with Crippen LogP contribution >= 0.6 is 0 Å². The van der Waals surface area contributed by atoms with Crippen LogP contribution < -0.4 is 5.32 Å². The molecule has 0 fully saturated rings. The zero-order valence-corrected chi connectivity index (χ0v) is 13.8. The summed E-state index contributed by atoms with van der Waals surface area (Å²) in [6, 6.07) is 7.49. The van der Waals surface area contributed by atoms with Crippen LogP contribution in [0, 0.1) is 5.41 Å². The van der Waals surface area contributed by atoms with Gasteiger partial charge in [-0.25, -0.2) is 0 Å². The number of nitrogens with zero attached hydrogens (tertiary/aromatic N) is 1. The number of rotatable bonds is 6. The van der Waals surface area contributed by atoms with Crippen molar-refractivity contribution >= 4 is 0 Å². The Bertz CT molecular complexity index is 449. The molecule has 1 aromatic rings. The van der Waals surface area contributed by atoms with E-state index >= 15 is 0 Å². The summed E-state index contributed by atoms with van der Waals surface area (Å²) in [7, 11) is 4.29. The summed E-state index contributed by atoms with van der Waals surface area (Å²) in [6.45, 7) is 9.09. The number of benzene rings is 1. The number of aryl methyl sites for hydroxylation is 2. The van der Waals surface area contributed by atoms with Crippen LogP contribution in [0.5, 0.6) is 0 Å². The number of hydrogen-bond donors (Lipinski definition) is 1. The average Bonchev–Trinajstić information content (AvgIpc) is 2.81. The number of fused-ring (bicyclic) bond motifs is 1. The Labute approximate surface area is 124 Å². The van der Waals surface area contributed by atoms with Gasteiger partial charge < -0.3 is 10.2 Å². The van der Waals surface area contributed by atoms with E-state index in [1.54, 1.807) is 11.1 Å². The van der Waals surface area contributed by atoms with Gasteiger partial charge in [0.1, 0.15) is 0 Å². The first-order chi connectivity index (χ1) is 9.37. The molecule has 1 aliphatic carbocycles. The summed E-state index contributed by atoms with van der Waals surface area (Å²) in [6.07, 6.45) is 3.87. The fraction of sp³-hybridized carbons (Fsp3) is 0.667. The van der Waals surface area contributed by atoms with Crippen molar-refractivity contribution in [1.82, 2.24) is 10.2 Å². The van der Waals surface area contributed by atoms with Crippen molar-refractivity contribution in [2.45, 2.75) is 46.1 Å². The molecule has 0 saturated heterocycles. The highest BCUT2D eigenvalue weighted by molar-refractivity contribution is 5.36. The van der Waals surface area contributed by atoms with Gasteiger partial charge in [0.05, 0.1) is 0 Å². The highest BCUT2D eigenvalue weighted by Gasteiger charge is 2.20. The minimum atomic E-state index is 0.300. The van der Waals surface area contributed by atoms with E-state index in [1.165, 1.54) is 24.8 Å². The normalized spacial score (nSPS) is 16.5. The molecule has 1 aromatic carbocycles. The zero-order chi connectivity index (χ0) is 14.8. The van der Waals surface area contributed by atoms with Crippen LogP contribution in [-0.4, -0.2) is 32.1 Å². The third kappa shape index (κ3) is 4.07. The zero-order valence-electron chi connectivity index (χ0n) is 13.8. The maximum absolute atomic E-state index is 3.71. The first-order valence-corrected chi connectivity index (χ1v) is 7.87. The van der Waals surface area contributed by atoms with Gasteiger partial charge in [-0.3, -0.25) is 0 Å². The molecule has 2 heteroatoms. The molecule has 0 aliphatic heterocycles. The van der Waals surface area contributed by atoms with Crippen molar-refractivity contribution in [1.29, 1.82) is 0 Å². The molecule has 0 heterocycles. The summed E-state index contributed by atoms with van der Waals surface area (Å²) >= 11 is 0. The van der Waals surface area contributed by atoms with Crippen LogP contribution in [0.4, 0.5) is 0 Å². The van der Waals surface area contributed by atoms with E-state index < -0.39 is 0 Å². The third-order valence-corrected chi connectivity index (χ3v) is 4.25. The van der Waals surface area contributed by atoms with Crippen molar-refractivity contribution in [3.8, 4) is 0 Å². The second-order valence-corrected chi connectivity index (χ2v) is 7.39. The minimum Gasteiger partial charge on any atom is -0.310 e. The van der Waals surface area contributed by atoms with Crippen LogP contribution in [0.3, 0.4) is 0 Å². The van der Waals surface area contributed by atoms with Crippen LogP contribution in [0.15, 0.2) is 18.2 Å². The lowest BCUT2D eigenvalue weighted by atomic mass is 9.92. The lowest BCUT2D eigenvalue weighted by Crippen LogP contribution is -2.38. The number of hydrogen-bond acceptors (Lipinski definition) is 2.